The monoisotopic (exact) mass is 654 g/mol. The van der Waals surface area contributed by atoms with Crippen LogP contribution in [0.25, 0.3) is 55.0 Å². The largest absolute Gasteiger partial charge is 0.254 e. The van der Waals surface area contributed by atoms with E-state index >= 15 is 0 Å². The van der Waals surface area contributed by atoms with Crippen molar-refractivity contribution < 1.29 is 0 Å². The van der Waals surface area contributed by atoms with Gasteiger partial charge in [-0.15, -0.1) is 0 Å². The summed E-state index contributed by atoms with van der Waals surface area (Å²) in [6, 6.07) is 63.9. The Hall–Kier alpha value is -6.03. The zero-order chi connectivity index (χ0) is 33.1. The van der Waals surface area contributed by atoms with Crippen LogP contribution in [-0.4, -0.2) is 9.97 Å². The fraction of sp³-hybridized carbons (Fsp3) is 0.0213. The summed E-state index contributed by atoms with van der Waals surface area (Å²) in [5, 5.41) is 4.58. The van der Waals surface area contributed by atoms with E-state index in [0.29, 0.717) is 0 Å². The molecule has 234 valence electrons. The Balaban J connectivity index is 1.20. The van der Waals surface area contributed by atoms with Crippen LogP contribution in [0.5, 0.6) is 0 Å². The van der Waals surface area contributed by atoms with E-state index in [4.69, 9.17) is 9.97 Å². The summed E-state index contributed by atoms with van der Waals surface area (Å²) in [5.41, 5.74) is 11.0. The lowest BCUT2D eigenvalue weighted by atomic mass is 9.64. The summed E-state index contributed by atoms with van der Waals surface area (Å²) >= 11 is 1.87. The van der Waals surface area contributed by atoms with Crippen molar-refractivity contribution in [2.24, 2.45) is 0 Å². The molecule has 2 aromatic heterocycles. The third-order valence-corrected chi connectivity index (χ3v) is 11.4. The van der Waals surface area contributed by atoms with Gasteiger partial charge in [0.1, 0.15) is 0 Å². The molecule has 0 spiro atoms. The predicted octanol–water partition coefficient (Wildman–Crippen LogP) is 12.1. The van der Waals surface area contributed by atoms with Crippen LogP contribution in [0, 0.1) is 0 Å². The Morgan fingerprint density at radius 1 is 0.440 bits per heavy atom. The van der Waals surface area contributed by atoms with Crippen LogP contribution >= 0.6 is 11.8 Å². The molecule has 9 aromatic rings. The molecule has 7 aromatic carbocycles. The van der Waals surface area contributed by atoms with E-state index in [0.717, 1.165) is 33.1 Å². The molecule has 0 saturated carbocycles. The number of benzene rings is 7. The van der Waals surface area contributed by atoms with Crippen LogP contribution in [0.15, 0.2) is 192 Å². The highest BCUT2D eigenvalue weighted by atomic mass is 32.2. The number of fused-ring (bicyclic) bond motifs is 6. The molecule has 0 radical (unpaired) electrons. The summed E-state index contributed by atoms with van der Waals surface area (Å²) in [4.78, 5) is 12.5. The molecule has 0 atom stereocenters. The molecule has 1 aliphatic rings. The maximum atomic E-state index is 5.23. The molecule has 0 saturated heterocycles. The molecule has 0 amide bonds. The first-order valence-corrected chi connectivity index (χ1v) is 17.8. The molecule has 0 unspecified atom stereocenters. The third kappa shape index (κ3) is 4.37. The SMILES string of the molecule is c1ccc(C2(c3ccccc3)c3ccccc3Sc3ccc(-c4ccc(-c5ccc6ccc7cccnc7c6n5)c5ccccc45)cc32)cc1. The molecular weight excluding hydrogens is 625 g/mol. The molecule has 1 aliphatic heterocycles. The van der Waals surface area contributed by atoms with Crippen molar-refractivity contribution in [3.63, 3.8) is 0 Å². The number of rotatable bonds is 4. The van der Waals surface area contributed by atoms with E-state index in [1.54, 1.807) is 0 Å². The van der Waals surface area contributed by atoms with Crippen LogP contribution in [0.1, 0.15) is 22.3 Å². The Labute approximate surface area is 295 Å². The quantitative estimate of drug-likeness (QED) is 0.177. The Morgan fingerprint density at radius 2 is 1.06 bits per heavy atom. The van der Waals surface area contributed by atoms with Crippen molar-refractivity contribution in [1.29, 1.82) is 0 Å². The smallest absolute Gasteiger partial charge is 0.0972 e. The first-order chi connectivity index (χ1) is 24.8. The lowest BCUT2D eigenvalue weighted by molar-refractivity contribution is 0.703. The van der Waals surface area contributed by atoms with E-state index in [9.17, 15) is 0 Å². The van der Waals surface area contributed by atoms with Crippen LogP contribution in [0.2, 0.25) is 0 Å². The van der Waals surface area contributed by atoms with Crippen molar-refractivity contribution in [1.82, 2.24) is 9.97 Å². The highest BCUT2D eigenvalue weighted by molar-refractivity contribution is 7.99. The minimum Gasteiger partial charge on any atom is -0.254 e. The first-order valence-electron chi connectivity index (χ1n) is 17.0. The molecule has 2 nitrogen and oxygen atoms in total. The standard InChI is InChI=1S/C47H30N2S/c1-3-13-34(14-4-1)47(35-15-5-2-6-16-35)40-19-9-10-20-43(40)50-44-28-24-33(30-41(44)47)36-25-26-39(38-18-8-7-17-37(36)38)42-27-23-32-22-21-31-12-11-29-48-45(31)46(32)49-42/h1-30H. The van der Waals surface area contributed by atoms with Gasteiger partial charge in [-0.25, -0.2) is 4.98 Å². The lowest BCUT2D eigenvalue weighted by Crippen LogP contribution is -2.34. The summed E-state index contributed by atoms with van der Waals surface area (Å²) < 4.78 is 0. The second kappa shape index (κ2) is 11.5. The molecular formula is C47H30N2S. The van der Waals surface area contributed by atoms with Crippen molar-refractivity contribution >= 4 is 44.3 Å². The molecule has 0 N–H and O–H groups in total. The van der Waals surface area contributed by atoms with E-state index in [1.165, 1.54) is 53.9 Å². The Bertz CT molecular complexity index is 2700. The van der Waals surface area contributed by atoms with Gasteiger partial charge in [0.15, 0.2) is 0 Å². The van der Waals surface area contributed by atoms with Gasteiger partial charge in [0, 0.05) is 32.3 Å². The van der Waals surface area contributed by atoms with Crippen LogP contribution < -0.4 is 0 Å². The number of hydrogen-bond donors (Lipinski definition) is 0. The number of aromatic nitrogens is 2. The number of pyridine rings is 2. The topological polar surface area (TPSA) is 25.8 Å². The average molecular weight is 655 g/mol. The Morgan fingerprint density at radius 3 is 1.84 bits per heavy atom. The van der Waals surface area contributed by atoms with Gasteiger partial charge in [-0.2, -0.15) is 0 Å². The van der Waals surface area contributed by atoms with Crippen molar-refractivity contribution in [3.8, 4) is 22.4 Å². The highest BCUT2D eigenvalue weighted by Gasteiger charge is 2.44. The second-order valence-corrected chi connectivity index (χ2v) is 14.0. The highest BCUT2D eigenvalue weighted by Crippen LogP contribution is 2.56. The summed E-state index contributed by atoms with van der Waals surface area (Å²) in [5.74, 6) is 0. The van der Waals surface area contributed by atoms with Gasteiger partial charge < -0.3 is 0 Å². The Kier molecular flexibility index (Phi) is 6.68. The van der Waals surface area contributed by atoms with Gasteiger partial charge in [-0.05, 0) is 74.5 Å². The van der Waals surface area contributed by atoms with E-state index < -0.39 is 5.41 Å². The summed E-state index contributed by atoms with van der Waals surface area (Å²) in [7, 11) is 0. The van der Waals surface area contributed by atoms with Crippen LogP contribution in [0.3, 0.4) is 0 Å². The van der Waals surface area contributed by atoms with Gasteiger partial charge >= 0.3 is 0 Å². The number of hydrogen-bond acceptors (Lipinski definition) is 3. The van der Waals surface area contributed by atoms with Crippen molar-refractivity contribution in [2.75, 3.05) is 0 Å². The van der Waals surface area contributed by atoms with Crippen molar-refractivity contribution in [2.45, 2.75) is 15.2 Å². The first kappa shape index (κ1) is 28.9. The zero-order valence-corrected chi connectivity index (χ0v) is 27.9. The third-order valence-electron chi connectivity index (χ3n) is 10.3. The molecule has 0 aliphatic carbocycles. The minimum absolute atomic E-state index is 0.475. The maximum absolute atomic E-state index is 5.23. The van der Waals surface area contributed by atoms with Gasteiger partial charge in [0.25, 0.3) is 0 Å². The van der Waals surface area contributed by atoms with Crippen LogP contribution in [0.4, 0.5) is 0 Å². The molecule has 0 bridgehead atoms. The summed E-state index contributed by atoms with van der Waals surface area (Å²) in [6.45, 7) is 0. The van der Waals surface area contributed by atoms with Gasteiger partial charge in [-0.1, -0.05) is 157 Å². The van der Waals surface area contributed by atoms with E-state index in [1.807, 2.05) is 24.0 Å². The summed E-state index contributed by atoms with van der Waals surface area (Å²) in [6.07, 6.45) is 1.85. The molecule has 50 heavy (non-hydrogen) atoms. The second-order valence-electron chi connectivity index (χ2n) is 12.9. The molecule has 10 rings (SSSR count). The van der Waals surface area contributed by atoms with Crippen molar-refractivity contribution in [3.05, 3.63) is 204 Å². The average Bonchev–Trinajstić information content (AvgIpc) is 3.20. The van der Waals surface area contributed by atoms with Gasteiger partial charge in [-0.3, -0.25) is 4.98 Å². The molecule has 0 fully saturated rings. The predicted molar refractivity (Wildman–Crippen MR) is 208 cm³/mol. The molecule has 3 heterocycles. The zero-order valence-electron chi connectivity index (χ0n) is 27.1. The fourth-order valence-electron chi connectivity index (χ4n) is 8.02. The normalized spacial score (nSPS) is 13.3. The maximum Gasteiger partial charge on any atom is 0.0972 e. The fourth-order valence-corrected chi connectivity index (χ4v) is 9.19. The van der Waals surface area contributed by atoms with Crippen LogP contribution in [-0.2, 0) is 5.41 Å². The number of nitrogens with zero attached hydrogens (tertiary/aromatic N) is 2. The van der Waals surface area contributed by atoms with E-state index in [-0.39, 0.29) is 0 Å². The lowest BCUT2D eigenvalue weighted by Gasteiger charge is -2.42. The van der Waals surface area contributed by atoms with E-state index in [2.05, 4.69) is 170 Å². The van der Waals surface area contributed by atoms with Gasteiger partial charge in [0.05, 0.1) is 22.1 Å². The van der Waals surface area contributed by atoms with Gasteiger partial charge in [0.2, 0.25) is 0 Å². The minimum atomic E-state index is -0.475. The molecule has 3 heteroatoms.